The fourth-order valence-corrected chi connectivity index (χ4v) is 0.114. The van der Waals surface area contributed by atoms with Gasteiger partial charge in [-0.2, -0.15) is 0 Å². The zero-order chi connectivity index (χ0) is 6.78. The van der Waals surface area contributed by atoms with Crippen LogP contribution in [0.3, 0.4) is 0 Å². The van der Waals surface area contributed by atoms with Gasteiger partial charge in [-0.25, -0.2) is 4.79 Å². The molecule has 8 heavy (non-hydrogen) atoms. The lowest BCUT2D eigenvalue weighted by atomic mass is 11.2. The minimum Gasteiger partial charge on any atom is -0.356 e. The van der Waals surface area contributed by atoms with E-state index in [1.165, 1.54) is 0 Å². The molecule has 0 atom stereocenters. The molecule has 48 valence electrons. The van der Waals surface area contributed by atoms with Crippen molar-refractivity contribution in [2.24, 2.45) is 5.73 Å². The van der Waals surface area contributed by atoms with Crippen LogP contribution in [0.5, 0.6) is 0 Å². The van der Waals surface area contributed by atoms with Crippen LogP contribution in [0.4, 0.5) is 18.0 Å². The maximum absolute atomic E-state index is 10.8. The van der Waals surface area contributed by atoms with Crippen molar-refractivity contribution in [2.45, 2.75) is 6.36 Å². The molecular formula is C2H2F3NO2. The smallest absolute Gasteiger partial charge is 0.356 e. The highest BCUT2D eigenvalue weighted by Gasteiger charge is 2.32. The summed E-state index contributed by atoms with van der Waals surface area (Å²) in [6.45, 7) is 0. The normalized spacial score (nSPS) is 10.9. The summed E-state index contributed by atoms with van der Waals surface area (Å²) in [7, 11) is 0. The monoisotopic (exact) mass is 129 g/mol. The van der Waals surface area contributed by atoms with Crippen LogP contribution in [0.1, 0.15) is 0 Å². The van der Waals surface area contributed by atoms with Crippen molar-refractivity contribution < 1.29 is 22.7 Å². The lowest BCUT2D eigenvalue weighted by molar-refractivity contribution is -0.289. The molecule has 0 aromatic carbocycles. The van der Waals surface area contributed by atoms with Crippen molar-refractivity contribution in [3.63, 3.8) is 0 Å². The number of nitrogens with two attached hydrogens (primary N) is 1. The Hall–Kier alpha value is -0.940. The van der Waals surface area contributed by atoms with Gasteiger partial charge in [0.25, 0.3) is 0 Å². The second-order valence-electron chi connectivity index (χ2n) is 0.867. The predicted molar refractivity (Wildman–Crippen MR) is 16.7 cm³/mol. The Morgan fingerprint density at radius 2 is 1.88 bits per heavy atom. The Morgan fingerprint density at radius 3 is 1.88 bits per heavy atom. The van der Waals surface area contributed by atoms with Crippen molar-refractivity contribution in [3.8, 4) is 0 Å². The van der Waals surface area contributed by atoms with Gasteiger partial charge in [0, 0.05) is 0 Å². The lowest BCUT2D eigenvalue weighted by Crippen LogP contribution is -2.23. The van der Waals surface area contributed by atoms with E-state index < -0.39 is 12.5 Å². The summed E-state index contributed by atoms with van der Waals surface area (Å²) >= 11 is 0. The molecule has 0 aliphatic rings. The Bertz CT molecular complexity index is 97.9. The highest BCUT2D eigenvalue weighted by molar-refractivity contribution is 5.64. The quantitative estimate of drug-likeness (QED) is 0.520. The maximum Gasteiger partial charge on any atom is 0.576 e. The molecule has 0 radical (unpaired) electrons. The van der Waals surface area contributed by atoms with Gasteiger partial charge in [-0.05, 0) is 0 Å². The zero-order valence-electron chi connectivity index (χ0n) is 3.53. The van der Waals surface area contributed by atoms with Crippen LogP contribution in [0.25, 0.3) is 0 Å². The second-order valence-corrected chi connectivity index (χ2v) is 0.867. The molecule has 2 N–H and O–H groups in total. The average molecular weight is 129 g/mol. The molecule has 1 amide bonds. The number of ether oxygens (including phenoxy) is 1. The van der Waals surface area contributed by atoms with Crippen LogP contribution < -0.4 is 5.73 Å². The maximum atomic E-state index is 10.8. The summed E-state index contributed by atoms with van der Waals surface area (Å²) < 4.78 is 34.9. The standard InChI is InChI=1S/C2H2F3NO2/c3-2(4,5)8-1(6)7/h(H2,6,7). The van der Waals surface area contributed by atoms with Crippen molar-refractivity contribution in [1.29, 1.82) is 0 Å². The van der Waals surface area contributed by atoms with Crippen LogP contribution in [0.15, 0.2) is 0 Å². The molecule has 0 saturated carbocycles. The van der Waals surface area contributed by atoms with Crippen LogP contribution in [0, 0.1) is 0 Å². The predicted octanol–water partition coefficient (Wildman–Crippen LogP) is 0.602. The van der Waals surface area contributed by atoms with Gasteiger partial charge < -0.3 is 10.5 Å². The molecule has 0 rings (SSSR count). The Balaban J connectivity index is 3.55. The van der Waals surface area contributed by atoms with E-state index in [4.69, 9.17) is 0 Å². The Morgan fingerprint density at radius 1 is 1.50 bits per heavy atom. The zero-order valence-corrected chi connectivity index (χ0v) is 3.53. The third kappa shape index (κ3) is 5.06. The molecule has 0 aromatic heterocycles. The highest BCUT2D eigenvalue weighted by Crippen LogP contribution is 2.14. The number of rotatable bonds is 0. The summed E-state index contributed by atoms with van der Waals surface area (Å²) in [6.07, 6.45) is -6.80. The number of alkyl halides is 3. The van der Waals surface area contributed by atoms with Crippen molar-refractivity contribution in [2.75, 3.05) is 0 Å². The van der Waals surface area contributed by atoms with E-state index in [1.54, 1.807) is 0 Å². The number of halogens is 3. The molecule has 0 aliphatic heterocycles. The molecule has 0 fully saturated rings. The molecule has 0 spiro atoms. The average Bonchev–Trinajstić information content (AvgIpc) is 1.21. The van der Waals surface area contributed by atoms with E-state index in [0.717, 1.165) is 0 Å². The molecule has 0 unspecified atom stereocenters. The van der Waals surface area contributed by atoms with Gasteiger partial charge >= 0.3 is 12.5 Å². The van der Waals surface area contributed by atoms with E-state index >= 15 is 0 Å². The van der Waals surface area contributed by atoms with E-state index in [1.807, 2.05) is 0 Å². The first-order chi connectivity index (χ1) is 3.42. The first-order valence-corrected chi connectivity index (χ1v) is 1.47. The first-order valence-electron chi connectivity index (χ1n) is 1.47. The summed E-state index contributed by atoms with van der Waals surface area (Å²) in [5.74, 6) is 0. The minimum atomic E-state index is -4.95. The molecule has 0 aromatic rings. The van der Waals surface area contributed by atoms with Crippen LogP contribution in [0.2, 0.25) is 0 Å². The number of carbonyl (C=O) groups excluding carboxylic acids is 1. The number of primary amides is 1. The molecule has 0 aliphatic carbocycles. The van der Waals surface area contributed by atoms with Crippen molar-refractivity contribution in [1.82, 2.24) is 0 Å². The van der Waals surface area contributed by atoms with Gasteiger partial charge in [-0.1, -0.05) is 0 Å². The van der Waals surface area contributed by atoms with E-state index in [-0.39, 0.29) is 0 Å². The molecule has 3 nitrogen and oxygen atoms in total. The fraction of sp³-hybridized carbons (Fsp3) is 0.500. The first kappa shape index (κ1) is 7.06. The van der Waals surface area contributed by atoms with Crippen molar-refractivity contribution in [3.05, 3.63) is 0 Å². The highest BCUT2D eigenvalue weighted by atomic mass is 19.4. The molecule has 0 heterocycles. The summed E-state index contributed by atoms with van der Waals surface area (Å²) in [4.78, 5) is 9.29. The van der Waals surface area contributed by atoms with Gasteiger partial charge in [0.05, 0.1) is 0 Å². The molecule has 0 saturated heterocycles. The fourth-order valence-electron chi connectivity index (χ4n) is 0.114. The third-order valence-corrected chi connectivity index (χ3v) is 0.216. The van der Waals surface area contributed by atoms with Crippen LogP contribution >= 0.6 is 0 Å². The Kier molecular flexibility index (Phi) is 1.67. The Labute approximate surface area is 42.2 Å². The second kappa shape index (κ2) is 1.89. The SMILES string of the molecule is NC(=O)OC(F)(F)F. The van der Waals surface area contributed by atoms with E-state index in [0.29, 0.717) is 0 Å². The minimum absolute atomic E-state index is 1.85. The van der Waals surface area contributed by atoms with Gasteiger partial charge in [-0.15, -0.1) is 13.2 Å². The molecular weight excluding hydrogens is 127 g/mol. The third-order valence-electron chi connectivity index (χ3n) is 0.216. The summed E-state index contributed by atoms with van der Waals surface area (Å²) in [5.41, 5.74) is 4.00. The van der Waals surface area contributed by atoms with Crippen LogP contribution in [-0.2, 0) is 4.74 Å². The van der Waals surface area contributed by atoms with Gasteiger partial charge in [0.15, 0.2) is 0 Å². The van der Waals surface area contributed by atoms with E-state index in [2.05, 4.69) is 10.5 Å². The van der Waals surface area contributed by atoms with Crippen molar-refractivity contribution >= 4 is 6.09 Å². The largest absolute Gasteiger partial charge is 0.576 e. The number of carbonyl (C=O) groups is 1. The van der Waals surface area contributed by atoms with Crippen LogP contribution in [-0.4, -0.2) is 12.5 Å². The summed E-state index contributed by atoms with van der Waals surface area (Å²) in [6, 6.07) is 0. The van der Waals surface area contributed by atoms with Gasteiger partial charge in [-0.3, -0.25) is 0 Å². The summed E-state index contributed by atoms with van der Waals surface area (Å²) in [5, 5.41) is 0. The number of hydrogen-bond acceptors (Lipinski definition) is 2. The van der Waals surface area contributed by atoms with Gasteiger partial charge in [0.1, 0.15) is 0 Å². The molecule has 6 heteroatoms. The molecule has 0 bridgehead atoms. The van der Waals surface area contributed by atoms with E-state index in [9.17, 15) is 18.0 Å². The topological polar surface area (TPSA) is 52.3 Å². The van der Waals surface area contributed by atoms with Gasteiger partial charge in [0.2, 0.25) is 0 Å². The number of amides is 1. The lowest BCUT2D eigenvalue weighted by Gasteiger charge is -2.01. The number of hydrogen-bond donors (Lipinski definition) is 1.